The molecule has 88 valence electrons. The Morgan fingerprint density at radius 1 is 1.47 bits per heavy atom. The van der Waals surface area contributed by atoms with Gasteiger partial charge in [-0.15, -0.1) is 0 Å². The van der Waals surface area contributed by atoms with E-state index in [1.165, 1.54) is 18.6 Å². The van der Waals surface area contributed by atoms with Crippen molar-refractivity contribution in [2.24, 2.45) is 10.9 Å². The third-order valence-corrected chi connectivity index (χ3v) is 4.12. The number of amidine groups is 1. The molecule has 15 heavy (non-hydrogen) atoms. The van der Waals surface area contributed by atoms with Crippen LogP contribution in [-0.4, -0.2) is 22.5 Å². The van der Waals surface area contributed by atoms with Crippen molar-refractivity contribution < 1.29 is 0 Å². The zero-order valence-electron chi connectivity index (χ0n) is 10.6. The fourth-order valence-corrected chi connectivity index (χ4v) is 3.03. The highest BCUT2D eigenvalue weighted by molar-refractivity contribution is 8.13. The first-order valence-corrected chi connectivity index (χ1v) is 6.92. The number of nitrogens with zero attached hydrogens (tertiary/aromatic N) is 1. The Morgan fingerprint density at radius 3 is 2.67 bits per heavy atom. The molecule has 0 saturated heterocycles. The van der Waals surface area contributed by atoms with E-state index >= 15 is 0 Å². The first-order chi connectivity index (χ1) is 6.94. The van der Waals surface area contributed by atoms with Crippen molar-refractivity contribution in [3.8, 4) is 0 Å². The van der Waals surface area contributed by atoms with Gasteiger partial charge in [0.15, 0.2) is 5.17 Å². The Kier molecular flexibility index (Phi) is 4.50. The van der Waals surface area contributed by atoms with Crippen molar-refractivity contribution in [1.82, 2.24) is 5.32 Å². The molecule has 1 aliphatic rings. The van der Waals surface area contributed by atoms with Crippen LogP contribution in [0.5, 0.6) is 0 Å². The second-order valence-corrected chi connectivity index (χ2v) is 6.23. The van der Waals surface area contributed by atoms with Crippen LogP contribution in [0, 0.1) is 5.92 Å². The Hall–Kier alpha value is -0.180. The van der Waals surface area contributed by atoms with Gasteiger partial charge in [-0.2, -0.15) is 0 Å². The molecule has 2 unspecified atom stereocenters. The second kappa shape index (κ2) is 5.24. The summed E-state index contributed by atoms with van der Waals surface area (Å²) >= 11 is 1.87. The third kappa shape index (κ3) is 4.06. The molecule has 0 aromatic carbocycles. The topological polar surface area (TPSA) is 24.4 Å². The van der Waals surface area contributed by atoms with Crippen molar-refractivity contribution in [2.75, 3.05) is 5.75 Å². The van der Waals surface area contributed by atoms with Crippen LogP contribution in [0.1, 0.15) is 47.5 Å². The van der Waals surface area contributed by atoms with Crippen LogP contribution < -0.4 is 5.32 Å². The highest BCUT2D eigenvalue weighted by Crippen LogP contribution is 2.23. The smallest absolute Gasteiger partial charge is 0.157 e. The first kappa shape index (κ1) is 12.9. The van der Waals surface area contributed by atoms with E-state index in [1.807, 2.05) is 11.8 Å². The first-order valence-electron chi connectivity index (χ1n) is 5.93. The average molecular weight is 228 g/mol. The monoisotopic (exact) mass is 228 g/mol. The van der Waals surface area contributed by atoms with Gasteiger partial charge in [0, 0.05) is 11.3 Å². The summed E-state index contributed by atoms with van der Waals surface area (Å²) in [7, 11) is 0. The predicted octanol–water partition coefficient (Wildman–Crippen LogP) is 3.28. The number of hydrogen-bond acceptors (Lipinski definition) is 3. The molecule has 1 N–H and O–H groups in total. The lowest BCUT2D eigenvalue weighted by Gasteiger charge is -2.31. The summed E-state index contributed by atoms with van der Waals surface area (Å²) in [5.74, 6) is 1.89. The molecule has 0 bridgehead atoms. The predicted molar refractivity (Wildman–Crippen MR) is 70.6 cm³/mol. The van der Waals surface area contributed by atoms with Crippen LogP contribution in [0.15, 0.2) is 4.99 Å². The highest BCUT2D eigenvalue weighted by atomic mass is 32.2. The lowest BCUT2D eigenvalue weighted by Crippen LogP contribution is -2.44. The number of rotatable bonds is 3. The second-order valence-electron chi connectivity index (χ2n) is 5.22. The minimum absolute atomic E-state index is 0.181. The van der Waals surface area contributed by atoms with Crippen molar-refractivity contribution >= 4 is 16.9 Å². The largest absolute Gasteiger partial charge is 0.360 e. The van der Waals surface area contributed by atoms with Crippen molar-refractivity contribution in [3.63, 3.8) is 0 Å². The van der Waals surface area contributed by atoms with Crippen LogP contribution >= 0.6 is 11.8 Å². The van der Waals surface area contributed by atoms with Crippen LogP contribution in [-0.2, 0) is 0 Å². The van der Waals surface area contributed by atoms with Gasteiger partial charge in [0.05, 0.1) is 6.04 Å². The fraction of sp³-hybridized carbons (Fsp3) is 0.917. The van der Waals surface area contributed by atoms with Crippen LogP contribution in [0.4, 0.5) is 0 Å². The molecule has 1 rings (SSSR count). The lowest BCUT2D eigenvalue weighted by atomic mass is 9.99. The van der Waals surface area contributed by atoms with Crippen LogP contribution in [0.2, 0.25) is 0 Å². The Bertz CT molecular complexity index is 236. The van der Waals surface area contributed by atoms with Gasteiger partial charge < -0.3 is 5.32 Å². The molecule has 1 heterocycles. The zero-order valence-corrected chi connectivity index (χ0v) is 11.4. The van der Waals surface area contributed by atoms with E-state index < -0.39 is 0 Å². The van der Waals surface area contributed by atoms with Gasteiger partial charge in [-0.25, -0.2) is 0 Å². The van der Waals surface area contributed by atoms with Gasteiger partial charge >= 0.3 is 0 Å². The molecule has 0 saturated carbocycles. The lowest BCUT2D eigenvalue weighted by molar-refractivity contribution is 0.419. The summed E-state index contributed by atoms with van der Waals surface area (Å²) in [6, 6.07) is 0.464. The average Bonchev–Trinajstić information content (AvgIpc) is 2.10. The van der Waals surface area contributed by atoms with Gasteiger partial charge in [0.2, 0.25) is 0 Å². The minimum Gasteiger partial charge on any atom is -0.360 e. The van der Waals surface area contributed by atoms with Gasteiger partial charge in [0.1, 0.15) is 0 Å². The molecular weight excluding hydrogens is 204 g/mol. The van der Waals surface area contributed by atoms with E-state index in [0.717, 1.165) is 5.17 Å². The van der Waals surface area contributed by atoms with Crippen molar-refractivity contribution in [1.29, 1.82) is 0 Å². The normalized spacial score (nSPS) is 27.4. The van der Waals surface area contributed by atoms with E-state index in [9.17, 15) is 0 Å². The van der Waals surface area contributed by atoms with E-state index in [0.29, 0.717) is 12.0 Å². The van der Waals surface area contributed by atoms with E-state index in [1.54, 1.807) is 0 Å². The van der Waals surface area contributed by atoms with Gasteiger partial charge in [-0.1, -0.05) is 32.0 Å². The maximum absolute atomic E-state index is 4.70. The van der Waals surface area contributed by atoms with Gasteiger partial charge in [-0.05, 0) is 33.1 Å². The molecule has 0 aliphatic carbocycles. The molecule has 0 fully saturated rings. The molecule has 0 spiro atoms. The maximum atomic E-state index is 4.70. The third-order valence-electron chi connectivity index (χ3n) is 2.95. The molecule has 0 amide bonds. The van der Waals surface area contributed by atoms with E-state index in [-0.39, 0.29) is 5.54 Å². The molecule has 2 nitrogen and oxygen atoms in total. The molecule has 1 aliphatic heterocycles. The van der Waals surface area contributed by atoms with E-state index in [4.69, 9.17) is 4.99 Å². The van der Waals surface area contributed by atoms with Crippen LogP contribution in [0.25, 0.3) is 0 Å². The summed E-state index contributed by atoms with van der Waals surface area (Å²) in [5.41, 5.74) is 0.181. The van der Waals surface area contributed by atoms with Crippen molar-refractivity contribution in [3.05, 3.63) is 0 Å². The quantitative estimate of drug-likeness (QED) is 0.801. The Morgan fingerprint density at radius 2 is 2.13 bits per heavy atom. The summed E-state index contributed by atoms with van der Waals surface area (Å²) in [6.45, 7) is 11.2. The number of nitrogens with one attached hydrogen (secondary N) is 1. The maximum Gasteiger partial charge on any atom is 0.157 e. The summed E-state index contributed by atoms with van der Waals surface area (Å²) in [5, 5.41) is 4.70. The fourth-order valence-electron chi connectivity index (χ4n) is 1.74. The Labute approximate surface area is 98.3 Å². The number of hydrogen-bond donors (Lipinski definition) is 1. The number of thioether (sulfide) groups is 1. The minimum atomic E-state index is 0.181. The Balaban J connectivity index is 2.55. The number of aliphatic imine (C=N–C) groups is 1. The molecule has 0 aromatic heterocycles. The standard InChI is InChI=1S/C12H24N2S/c1-6-7-12(4,5)14-11-13-10(3)9(2)8-15-11/h9-10H,6-8H2,1-5H3,(H,13,14). The van der Waals surface area contributed by atoms with Gasteiger partial charge in [-0.3, -0.25) is 4.99 Å². The molecule has 0 aromatic rings. The summed E-state index contributed by atoms with van der Waals surface area (Å²) < 4.78 is 0. The highest BCUT2D eigenvalue weighted by Gasteiger charge is 2.23. The van der Waals surface area contributed by atoms with Gasteiger partial charge in [0.25, 0.3) is 0 Å². The zero-order chi connectivity index (χ0) is 11.5. The molecular formula is C12H24N2S. The van der Waals surface area contributed by atoms with Crippen molar-refractivity contribution in [2.45, 2.75) is 59.0 Å². The van der Waals surface area contributed by atoms with E-state index in [2.05, 4.69) is 39.9 Å². The van der Waals surface area contributed by atoms with Crippen LogP contribution in [0.3, 0.4) is 0 Å². The molecule has 0 radical (unpaired) electrons. The summed E-state index contributed by atoms with van der Waals surface area (Å²) in [6.07, 6.45) is 2.40. The molecule has 2 atom stereocenters. The summed E-state index contributed by atoms with van der Waals surface area (Å²) in [4.78, 5) is 4.70. The molecule has 3 heteroatoms. The SMILES string of the molecule is CCCC(C)(C)NC1=NC(C)C(C)CS1.